The number of rotatable bonds is 7. The van der Waals surface area contributed by atoms with Gasteiger partial charge in [0.2, 0.25) is 5.91 Å². The lowest BCUT2D eigenvalue weighted by atomic mass is 10.1. The number of halogens is 1. The normalized spacial score (nSPS) is 13.9. The summed E-state index contributed by atoms with van der Waals surface area (Å²) in [5.41, 5.74) is 8.45. The van der Waals surface area contributed by atoms with Crippen molar-refractivity contribution < 1.29 is 14.3 Å². The zero-order valence-corrected chi connectivity index (χ0v) is 17.0. The van der Waals surface area contributed by atoms with E-state index in [9.17, 15) is 9.59 Å². The number of carbonyl (C=O) groups excluding carboxylic acids is 2. The maximum atomic E-state index is 12.2. The van der Waals surface area contributed by atoms with Gasteiger partial charge in [-0.15, -0.1) is 12.4 Å². The van der Waals surface area contributed by atoms with Crippen LogP contribution in [0.2, 0.25) is 0 Å². The van der Waals surface area contributed by atoms with Crippen LogP contribution in [0.25, 0.3) is 0 Å². The van der Waals surface area contributed by atoms with Crippen LogP contribution in [0.5, 0.6) is 0 Å². The number of hydrogen-bond donors (Lipinski definition) is 3. The van der Waals surface area contributed by atoms with Gasteiger partial charge in [0, 0.05) is 49.5 Å². The highest BCUT2D eigenvalue weighted by molar-refractivity contribution is 5.94. The molecule has 0 atom stereocenters. The summed E-state index contributed by atoms with van der Waals surface area (Å²) in [4.78, 5) is 26.6. The molecule has 7 nitrogen and oxygen atoms in total. The molecule has 1 saturated heterocycles. The number of ether oxygens (including phenoxy) is 1. The van der Waals surface area contributed by atoms with E-state index >= 15 is 0 Å². The predicted octanol–water partition coefficient (Wildman–Crippen LogP) is 2.28. The Morgan fingerprint density at radius 2 is 1.79 bits per heavy atom. The van der Waals surface area contributed by atoms with Crippen molar-refractivity contribution in [2.75, 3.05) is 43.9 Å². The molecule has 1 fully saturated rings. The van der Waals surface area contributed by atoms with Crippen LogP contribution in [0.15, 0.2) is 48.5 Å². The maximum absolute atomic E-state index is 12.2. The molecular weight excluding hydrogens is 392 g/mol. The molecule has 0 unspecified atom stereocenters. The number of morpholine rings is 1. The average Bonchev–Trinajstić information content (AvgIpc) is 2.72. The van der Waals surface area contributed by atoms with Crippen LogP contribution in [0.3, 0.4) is 0 Å². The van der Waals surface area contributed by atoms with Crippen LogP contribution in [-0.4, -0.2) is 49.6 Å². The Hall–Kier alpha value is -2.61. The molecule has 1 aliphatic heterocycles. The Morgan fingerprint density at radius 1 is 1.07 bits per heavy atom. The summed E-state index contributed by atoms with van der Waals surface area (Å²) in [6.45, 7) is 4.30. The van der Waals surface area contributed by atoms with Crippen LogP contribution in [-0.2, 0) is 16.1 Å². The lowest BCUT2D eigenvalue weighted by Gasteiger charge is -2.26. The molecule has 29 heavy (non-hydrogen) atoms. The summed E-state index contributed by atoms with van der Waals surface area (Å²) in [6.07, 6.45) is 0.443. The fourth-order valence-corrected chi connectivity index (χ4v) is 2.99. The monoisotopic (exact) mass is 418 g/mol. The van der Waals surface area contributed by atoms with Gasteiger partial charge in [-0.1, -0.05) is 12.1 Å². The van der Waals surface area contributed by atoms with Gasteiger partial charge in [-0.3, -0.25) is 14.5 Å². The van der Waals surface area contributed by atoms with Gasteiger partial charge < -0.3 is 21.1 Å². The second-order valence-corrected chi connectivity index (χ2v) is 6.76. The van der Waals surface area contributed by atoms with Gasteiger partial charge in [0.05, 0.1) is 13.2 Å². The summed E-state index contributed by atoms with van der Waals surface area (Å²) in [5, 5.41) is 5.80. The molecular formula is C21H27ClN4O3. The molecule has 2 aromatic rings. The van der Waals surface area contributed by atoms with E-state index in [0.29, 0.717) is 24.2 Å². The van der Waals surface area contributed by atoms with Crippen LogP contribution in [0.4, 0.5) is 11.4 Å². The van der Waals surface area contributed by atoms with E-state index in [-0.39, 0.29) is 24.2 Å². The lowest BCUT2D eigenvalue weighted by Crippen LogP contribution is -2.38. The Labute approximate surface area is 177 Å². The fraction of sp³-hybridized carbons (Fsp3) is 0.333. The summed E-state index contributed by atoms with van der Waals surface area (Å²) in [6, 6.07) is 14.3. The van der Waals surface area contributed by atoms with E-state index in [4.69, 9.17) is 10.5 Å². The summed E-state index contributed by atoms with van der Waals surface area (Å²) in [7, 11) is 0. The lowest BCUT2D eigenvalue weighted by molar-refractivity contribution is -0.116. The van der Waals surface area contributed by atoms with E-state index in [2.05, 4.69) is 15.5 Å². The van der Waals surface area contributed by atoms with Crippen molar-refractivity contribution in [1.82, 2.24) is 10.2 Å². The average molecular weight is 419 g/mol. The first-order valence-corrected chi connectivity index (χ1v) is 9.43. The summed E-state index contributed by atoms with van der Waals surface area (Å²) in [5.74, 6) is -0.186. The Morgan fingerprint density at radius 3 is 2.52 bits per heavy atom. The van der Waals surface area contributed by atoms with Gasteiger partial charge in [0.15, 0.2) is 0 Å². The van der Waals surface area contributed by atoms with E-state index in [0.717, 1.165) is 44.1 Å². The van der Waals surface area contributed by atoms with Crippen LogP contribution in [0.1, 0.15) is 22.3 Å². The molecule has 0 aliphatic carbocycles. The molecule has 2 amide bonds. The van der Waals surface area contributed by atoms with Crippen molar-refractivity contribution in [2.45, 2.75) is 13.0 Å². The third-order valence-corrected chi connectivity index (χ3v) is 4.60. The van der Waals surface area contributed by atoms with Crippen LogP contribution < -0.4 is 16.4 Å². The number of anilines is 2. The minimum Gasteiger partial charge on any atom is -0.399 e. The number of nitrogens with zero attached hydrogens (tertiary/aromatic N) is 1. The first-order valence-electron chi connectivity index (χ1n) is 9.43. The molecule has 0 spiro atoms. The fourth-order valence-electron chi connectivity index (χ4n) is 2.99. The number of nitrogens with two attached hydrogens (primary N) is 1. The molecule has 3 rings (SSSR count). The van der Waals surface area contributed by atoms with Gasteiger partial charge in [-0.25, -0.2) is 0 Å². The second-order valence-electron chi connectivity index (χ2n) is 6.76. The zero-order valence-electron chi connectivity index (χ0n) is 16.2. The highest BCUT2D eigenvalue weighted by atomic mass is 35.5. The zero-order chi connectivity index (χ0) is 19.8. The van der Waals surface area contributed by atoms with Crippen molar-refractivity contribution >= 4 is 35.6 Å². The topological polar surface area (TPSA) is 96.7 Å². The molecule has 0 aromatic heterocycles. The summed E-state index contributed by atoms with van der Waals surface area (Å²) >= 11 is 0. The SMILES string of the molecule is Cl.Nc1ccc(C(=O)NCc2cccc(NC(=O)CCN3CCOCC3)c2)cc1. The van der Waals surface area contributed by atoms with Gasteiger partial charge in [0.25, 0.3) is 5.91 Å². The standard InChI is InChI=1S/C21H26N4O3.ClH/c22-18-6-4-17(5-7-18)21(27)23-15-16-2-1-3-19(14-16)24-20(26)8-9-25-10-12-28-13-11-25;/h1-7,14H,8-13,15,22H2,(H,23,27)(H,24,26);1H. The first kappa shape index (κ1) is 22.7. The molecule has 0 bridgehead atoms. The minimum absolute atomic E-state index is 0. The number of benzene rings is 2. The van der Waals surface area contributed by atoms with Gasteiger partial charge in [0.1, 0.15) is 0 Å². The van der Waals surface area contributed by atoms with Gasteiger partial charge in [-0.05, 0) is 42.0 Å². The molecule has 0 radical (unpaired) electrons. The Bertz CT molecular complexity index is 808. The van der Waals surface area contributed by atoms with E-state index in [1.807, 2.05) is 24.3 Å². The van der Waals surface area contributed by atoms with E-state index in [1.165, 1.54) is 0 Å². The third-order valence-electron chi connectivity index (χ3n) is 4.60. The highest BCUT2D eigenvalue weighted by Crippen LogP contribution is 2.12. The van der Waals surface area contributed by atoms with Gasteiger partial charge in [-0.2, -0.15) is 0 Å². The van der Waals surface area contributed by atoms with Crippen molar-refractivity contribution in [1.29, 1.82) is 0 Å². The van der Waals surface area contributed by atoms with Crippen LogP contribution in [0, 0.1) is 0 Å². The third kappa shape index (κ3) is 7.38. The molecule has 0 saturated carbocycles. The number of nitrogens with one attached hydrogen (secondary N) is 2. The number of nitrogen functional groups attached to an aromatic ring is 1. The molecule has 1 aliphatic rings. The number of amides is 2. The predicted molar refractivity (Wildman–Crippen MR) is 116 cm³/mol. The second kappa shape index (κ2) is 11.4. The molecule has 156 valence electrons. The highest BCUT2D eigenvalue weighted by Gasteiger charge is 2.12. The quantitative estimate of drug-likeness (QED) is 0.599. The van der Waals surface area contributed by atoms with Crippen molar-refractivity contribution in [3.8, 4) is 0 Å². The van der Waals surface area contributed by atoms with Crippen molar-refractivity contribution in [3.63, 3.8) is 0 Å². The summed E-state index contributed by atoms with van der Waals surface area (Å²) < 4.78 is 5.31. The molecule has 8 heteroatoms. The minimum atomic E-state index is -0.167. The van der Waals surface area contributed by atoms with Crippen LogP contribution >= 0.6 is 12.4 Å². The molecule has 1 heterocycles. The Kier molecular flexibility index (Phi) is 8.92. The molecule has 2 aromatic carbocycles. The van der Waals surface area contributed by atoms with Crippen molar-refractivity contribution in [3.05, 3.63) is 59.7 Å². The van der Waals surface area contributed by atoms with E-state index < -0.39 is 0 Å². The first-order chi connectivity index (χ1) is 13.6. The molecule has 4 N–H and O–H groups in total. The Balaban J connectivity index is 0.00000300. The largest absolute Gasteiger partial charge is 0.399 e. The van der Waals surface area contributed by atoms with Crippen molar-refractivity contribution in [2.24, 2.45) is 0 Å². The maximum Gasteiger partial charge on any atom is 0.251 e. The van der Waals surface area contributed by atoms with E-state index in [1.54, 1.807) is 24.3 Å². The smallest absolute Gasteiger partial charge is 0.251 e. The number of hydrogen-bond acceptors (Lipinski definition) is 5. The van der Waals surface area contributed by atoms with Gasteiger partial charge >= 0.3 is 0 Å². The number of carbonyl (C=O) groups is 2.